The molecule has 0 aromatic rings. The predicted molar refractivity (Wildman–Crippen MR) is 46.6 cm³/mol. The van der Waals surface area contributed by atoms with Crippen LogP contribution in [0.4, 0.5) is 0 Å². The molecule has 0 bridgehead atoms. The first-order valence-corrected chi connectivity index (χ1v) is 4.05. The fourth-order valence-electron chi connectivity index (χ4n) is 0.941. The van der Waals surface area contributed by atoms with E-state index in [4.69, 9.17) is 10.8 Å². The number of carbonyl (C=O) groups is 1. The van der Waals surface area contributed by atoms with Crippen LogP contribution in [-0.2, 0) is 4.79 Å². The van der Waals surface area contributed by atoms with Gasteiger partial charge < -0.3 is 16.2 Å². The third kappa shape index (κ3) is 6.09. The lowest BCUT2D eigenvalue weighted by atomic mass is 10.4. The van der Waals surface area contributed by atoms with Gasteiger partial charge in [0.25, 0.3) is 0 Å². The molecule has 0 saturated heterocycles. The van der Waals surface area contributed by atoms with Crippen LogP contribution in [0.5, 0.6) is 0 Å². The van der Waals surface area contributed by atoms with Gasteiger partial charge in [-0.05, 0) is 0 Å². The maximum absolute atomic E-state index is 9.90. The molecule has 0 rings (SSSR count). The van der Waals surface area contributed by atoms with Crippen molar-refractivity contribution in [2.24, 2.45) is 5.73 Å². The van der Waals surface area contributed by atoms with Gasteiger partial charge in [-0.3, -0.25) is 9.69 Å². The number of hydrogen-bond acceptors (Lipinski definition) is 4. The summed E-state index contributed by atoms with van der Waals surface area (Å²) in [6.45, 7) is 3.39. The zero-order chi connectivity index (χ0) is 9.23. The second kappa shape index (κ2) is 8.45. The Morgan fingerprint density at radius 1 is 1.42 bits per heavy atom. The van der Waals surface area contributed by atoms with Crippen LogP contribution in [0.2, 0.25) is 0 Å². The Hall–Kier alpha value is -0.650. The molecule has 0 spiro atoms. The largest absolute Gasteiger partial charge is 0.395 e. The quantitative estimate of drug-likeness (QED) is 0.294. The van der Waals surface area contributed by atoms with E-state index in [1.807, 2.05) is 4.90 Å². The summed E-state index contributed by atoms with van der Waals surface area (Å²) < 4.78 is 0. The number of hydrogen-bond donors (Lipinski definition) is 3. The van der Waals surface area contributed by atoms with E-state index in [0.29, 0.717) is 26.0 Å². The van der Waals surface area contributed by atoms with E-state index < -0.39 is 0 Å². The first kappa shape index (κ1) is 11.4. The summed E-state index contributed by atoms with van der Waals surface area (Å²) in [5.41, 5.74) is 5.35. The van der Waals surface area contributed by atoms with Crippen LogP contribution in [0.1, 0.15) is 0 Å². The Kier molecular flexibility index (Phi) is 7.99. The first-order chi connectivity index (χ1) is 5.85. The second-order valence-corrected chi connectivity index (χ2v) is 2.43. The van der Waals surface area contributed by atoms with Crippen molar-refractivity contribution in [2.75, 3.05) is 39.3 Å². The number of aliphatic hydroxyl groups is 1. The maximum atomic E-state index is 9.90. The van der Waals surface area contributed by atoms with E-state index in [9.17, 15) is 4.79 Å². The van der Waals surface area contributed by atoms with Gasteiger partial charge in [-0.2, -0.15) is 0 Å². The fourth-order valence-corrected chi connectivity index (χ4v) is 0.941. The van der Waals surface area contributed by atoms with Gasteiger partial charge in [-0.15, -0.1) is 0 Å². The molecule has 0 aliphatic rings. The molecule has 4 N–H and O–H groups in total. The van der Waals surface area contributed by atoms with Crippen molar-refractivity contribution >= 4 is 6.41 Å². The highest BCUT2D eigenvalue weighted by Gasteiger charge is 2.00. The maximum Gasteiger partial charge on any atom is 0.207 e. The Balaban J connectivity index is 3.40. The van der Waals surface area contributed by atoms with Crippen LogP contribution in [0, 0.1) is 0 Å². The van der Waals surface area contributed by atoms with E-state index >= 15 is 0 Å². The summed E-state index contributed by atoms with van der Waals surface area (Å²) in [6, 6.07) is 0. The highest BCUT2D eigenvalue weighted by Crippen LogP contribution is 1.83. The third-order valence-electron chi connectivity index (χ3n) is 1.52. The van der Waals surface area contributed by atoms with E-state index in [-0.39, 0.29) is 6.61 Å². The Bertz CT molecular complexity index is 105. The van der Waals surface area contributed by atoms with Crippen LogP contribution < -0.4 is 11.1 Å². The highest BCUT2D eigenvalue weighted by molar-refractivity contribution is 5.45. The standard InChI is InChI=1S/C7H17N3O2/c8-1-3-10(5-6-11)4-2-9-7-12/h7,11H,1-6,8H2,(H,9,12). The second-order valence-electron chi connectivity index (χ2n) is 2.43. The minimum absolute atomic E-state index is 0.126. The molecule has 0 unspecified atom stereocenters. The number of rotatable bonds is 8. The minimum atomic E-state index is 0.126. The van der Waals surface area contributed by atoms with Gasteiger partial charge in [0.15, 0.2) is 0 Å². The van der Waals surface area contributed by atoms with Gasteiger partial charge in [0, 0.05) is 32.7 Å². The lowest BCUT2D eigenvalue weighted by Gasteiger charge is -2.19. The molecule has 0 saturated carbocycles. The van der Waals surface area contributed by atoms with Crippen LogP contribution >= 0.6 is 0 Å². The van der Waals surface area contributed by atoms with Gasteiger partial charge in [0.05, 0.1) is 6.61 Å². The van der Waals surface area contributed by atoms with Gasteiger partial charge in [0.2, 0.25) is 6.41 Å². The molecule has 12 heavy (non-hydrogen) atoms. The number of carbonyl (C=O) groups excluding carboxylic acids is 1. The molecule has 0 atom stereocenters. The SMILES string of the molecule is NCCN(CCO)CCNC=O. The average molecular weight is 175 g/mol. The van der Waals surface area contributed by atoms with Crippen LogP contribution in [0.3, 0.4) is 0 Å². The lowest BCUT2D eigenvalue weighted by Crippen LogP contribution is -2.37. The summed E-state index contributed by atoms with van der Waals surface area (Å²) >= 11 is 0. The predicted octanol–water partition coefficient (Wildman–Crippen LogP) is -2.01. The molecule has 0 aromatic carbocycles. The zero-order valence-corrected chi connectivity index (χ0v) is 7.20. The molecule has 72 valence electrons. The molecule has 0 radical (unpaired) electrons. The van der Waals surface area contributed by atoms with Crippen molar-refractivity contribution in [1.82, 2.24) is 10.2 Å². The van der Waals surface area contributed by atoms with Gasteiger partial charge in [-0.25, -0.2) is 0 Å². The molecule has 5 nitrogen and oxygen atoms in total. The summed E-state index contributed by atoms with van der Waals surface area (Å²) in [4.78, 5) is 11.9. The normalized spacial score (nSPS) is 10.2. The zero-order valence-electron chi connectivity index (χ0n) is 7.20. The van der Waals surface area contributed by atoms with Crippen LogP contribution in [0.25, 0.3) is 0 Å². The van der Waals surface area contributed by atoms with Gasteiger partial charge in [0.1, 0.15) is 0 Å². The number of amides is 1. The summed E-state index contributed by atoms with van der Waals surface area (Å²) in [5, 5.41) is 11.2. The lowest BCUT2D eigenvalue weighted by molar-refractivity contribution is -0.109. The molecular formula is C7H17N3O2. The molecule has 0 heterocycles. The van der Waals surface area contributed by atoms with E-state index in [1.165, 1.54) is 0 Å². The Labute approximate surface area is 72.5 Å². The minimum Gasteiger partial charge on any atom is -0.395 e. The number of nitrogens with two attached hydrogens (primary N) is 1. The molecule has 5 heteroatoms. The monoisotopic (exact) mass is 175 g/mol. The third-order valence-corrected chi connectivity index (χ3v) is 1.52. The fraction of sp³-hybridized carbons (Fsp3) is 0.857. The van der Waals surface area contributed by atoms with Crippen molar-refractivity contribution in [3.05, 3.63) is 0 Å². The van der Waals surface area contributed by atoms with E-state index in [2.05, 4.69) is 5.32 Å². The average Bonchev–Trinajstić information content (AvgIpc) is 2.06. The van der Waals surface area contributed by atoms with Gasteiger partial charge >= 0.3 is 0 Å². The Morgan fingerprint density at radius 3 is 2.67 bits per heavy atom. The van der Waals surface area contributed by atoms with E-state index in [0.717, 1.165) is 13.1 Å². The number of nitrogens with zero attached hydrogens (tertiary/aromatic N) is 1. The molecule has 0 aliphatic heterocycles. The van der Waals surface area contributed by atoms with E-state index in [1.54, 1.807) is 0 Å². The smallest absolute Gasteiger partial charge is 0.207 e. The van der Waals surface area contributed by atoms with Crippen molar-refractivity contribution in [3.63, 3.8) is 0 Å². The van der Waals surface area contributed by atoms with Gasteiger partial charge in [-0.1, -0.05) is 0 Å². The number of aliphatic hydroxyl groups excluding tert-OH is 1. The summed E-state index contributed by atoms with van der Waals surface area (Å²) in [7, 11) is 0. The number of nitrogens with one attached hydrogen (secondary N) is 1. The van der Waals surface area contributed by atoms with Crippen LogP contribution in [-0.4, -0.2) is 55.7 Å². The van der Waals surface area contributed by atoms with Crippen molar-refractivity contribution in [1.29, 1.82) is 0 Å². The van der Waals surface area contributed by atoms with Crippen molar-refractivity contribution < 1.29 is 9.90 Å². The summed E-state index contributed by atoms with van der Waals surface area (Å²) in [5.74, 6) is 0. The topological polar surface area (TPSA) is 78.6 Å². The molecule has 0 aromatic heterocycles. The molecular weight excluding hydrogens is 158 g/mol. The summed E-state index contributed by atoms with van der Waals surface area (Å²) in [6.07, 6.45) is 0.666. The highest BCUT2D eigenvalue weighted by atomic mass is 16.3. The molecule has 1 amide bonds. The van der Waals surface area contributed by atoms with Crippen molar-refractivity contribution in [3.8, 4) is 0 Å². The Morgan fingerprint density at radius 2 is 2.17 bits per heavy atom. The van der Waals surface area contributed by atoms with Crippen LogP contribution in [0.15, 0.2) is 0 Å². The van der Waals surface area contributed by atoms with Crippen molar-refractivity contribution in [2.45, 2.75) is 0 Å². The molecule has 0 aliphatic carbocycles. The first-order valence-electron chi connectivity index (χ1n) is 4.05. The molecule has 0 fully saturated rings.